The molecule has 0 saturated carbocycles. The highest BCUT2D eigenvalue weighted by Gasteiger charge is 2.11. The van der Waals surface area contributed by atoms with Crippen LogP contribution in [-0.2, 0) is 0 Å². The number of hydrogen-bond donors (Lipinski definition) is 1. The lowest BCUT2D eigenvalue weighted by molar-refractivity contribution is 0.0702. The van der Waals surface area contributed by atoms with E-state index in [9.17, 15) is 13.6 Å². The van der Waals surface area contributed by atoms with Crippen LogP contribution in [0.3, 0.4) is 0 Å². The predicted molar refractivity (Wildman–Crippen MR) is 54.4 cm³/mol. The molecule has 0 aliphatic carbocycles. The summed E-state index contributed by atoms with van der Waals surface area (Å²) in [6.45, 7) is 0. The first kappa shape index (κ1) is 10.7. The van der Waals surface area contributed by atoms with Gasteiger partial charge < -0.3 is 5.11 Å². The minimum Gasteiger partial charge on any atom is -0.477 e. The summed E-state index contributed by atoms with van der Waals surface area (Å²) in [4.78, 5) is 14.4. The molecule has 82 valence electrons. The molecule has 0 atom stereocenters. The fourth-order valence-electron chi connectivity index (χ4n) is 1.18. The quantitative estimate of drug-likeness (QED) is 0.879. The van der Waals surface area contributed by atoms with Crippen molar-refractivity contribution >= 4 is 17.3 Å². The van der Waals surface area contributed by atoms with Crippen molar-refractivity contribution in [3.05, 3.63) is 40.9 Å². The molecule has 0 amide bonds. The van der Waals surface area contributed by atoms with Crippen LogP contribution in [0.25, 0.3) is 10.6 Å². The van der Waals surface area contributed by atoms with Crippen molar-refractivity contribution < 1.29 is 18.7 Å². The predicted octanol–water partition coefficient (Wildman–Crippen LogP) is 2.79. The summed E-state index contributed by atoms with van der Waals surface area (Å²) in [5.41, 5.74) is 0.231. The monoisotopic (exact) mass is 241 g/mol. The van der Waals surface area contributed by atoms with E-state index in [2.05, 4.69) is 4.98 Å². The van der Waals surface area contributed by atoms with E-state index in [0.717, 1.165) is 35.7 Å². The zero-order valence-electron chi connectivity index (χ0n) is 7.78. The van der Waals surface area contributed by atoms with Gasteiger partial charge in [0.2, 0.25) is 0 Å². The van der Waals surface area contributed by atoms with Gasteiger partial charge in [0, 0.05) is 11.6 Å². The van der Waals surface area contributed by atoms with Crippen LogP contribution >= 0.6 is 11.3 Å². The zero-order valence-corrected chi connectivity index (χ0v) is 8.59. The number of aromatic nitrogens is 1. The van der Waals surface area contributed by atoms with E-state index in [4.69, 9.17) is 5.11 Å². The Bertz CT molecular complexity index is 533. The van der Waals surface area contributed by atoms with E-state index in [1.807, 2.05) is 0 Å². The van der Waals surface area contributed by atoms with Crippen LogP contribution in [-0.4, -0.2) is 16.1 Å². The van der Waals surface area contributed by atoms with Crippen LogP contribution in [0.15, 0.2) is 24.4 Å². The molecule has 0 unspecified atom stereocenters. The Morgan fingerprint density at radius 3 is 2.38 bits per heavy atom. The molecule has 16 heavy (non-hydrogen) atoms. The molecular formula is C10H5F2NO2S. The maximum atomic E-state index is 12.9. The largest absolute Gasteiger partial charge is 0.477 e. The first-order chi connectivity index (χ1) is 7.56. The first-order valence-corrected chi connectivity index (χ1v) is 5.03. The normalized spacial score (nSPS) is 10.4. The molecule has 2 rings (SSSR count). The van der Waals surface area contributed by atoms with Crippen molar-refractivity contribution in [1.82, 2.24) is 4.98 Å². The summed E-state index contributed by atoms with van der Waals surface area (Å²) in [7, 11) is 0. The van der Waals surface area contributed by atoms with E-state index in [0.29, 0.717) is 0 Å². The Balaban J connectivity index is 2.46. The summed E-state index contributed by atoms with van der Waals surface area (Å²) >= 11 is 0.867. The standard InChI is InChI=1S/C10H5F2NO2S/c11-6-1-5(2-7(12)3-6)9-13-4-8(16-9)10(14)15/h1-4H,(H,14,15). The molecule has 0 fully saturated rings. The molecule has 0 aliphatic rings. The highest BCUT2D eigenvalue weighted by molar-refractivity contribution is 7.16. The van der Waals surface area contributed by atoms with Gasteiger partial charge in [-0.1, -0.05) is 0 Å². The maximum Gasteiger partial charge on any atom is 0.347 e. The van der Waals surface area contributed by atoms with E-state index in [1.54, 1.807) is 0 Å². The molecule has 0 bridgehead atoms. The van der Waals surface area contributed by atoms with Crippen LogP contribution in [0.1, 0.15) is 9.67 Å². The molecular weight excluding hydrogens is 236 g/mol. The minimum absolute atomic E-state index is 0.0275. The molecule has 0 spiro atoms. The number of thiazole rings is 1. The molecule has 0 aliphatic heterocycles. The lowest BCUT2D eigenvalue weighted by Gasteiger charge is -1.96. The molecule has 6 heteroatoms. The Morgan fingerprint density at radius 2 is 1.88 bits per heavy atom. The minimum atomic E-state index is -1.11. The van der Waals surface area contributed by atoms with Crippen molar-refractivity contribution in [2.75, 3.05) is 0 Å². The Morgan fingerprint density at radius 1 is 1.25 bits per heavy atom. The number of nitrogens with zero attached hydrogens (tertiary/aromatic N) is 1. The first-order valence-electron chi connectivity index (χ1n) is 4.22. The Labute approximate surface area is 93.0 Å². The lowest BCUT2D eigenvalue weighted by Crippen LogP contribution is -1.89. The molecule has 1 aromatic carbocycles. The molecule has 1 N–H and O–H groups in total. The third-order valence-corrected chi connectivity index (χ3v) is 2.86. The number of carbonyl (C=O) groups is 1. The van der Waals surface area contributed by atoms with Crippen molar-refractivity contribution in [2.24, 2.45) is 0 Å². The third-order valence-electron chi connectivity index (χ3n) is 1.83. The molecule has 2 aromatic rings. The van der Waals surface area contributed by atoms with Gasteiger partial charge in [0.25, 0.3) is 0 Å². The molecule has 1 aromatic heterocycles. The summed E-state index contributed by atoms with van der Waals surface area (Å²) in [5, 5.41) is 8.95. The van der Waals surface area contributed by atoms with Crippen LogP contribution in [0.5, 0.6) is 0 Å². The van der Waals surface area contributed by atoms with Gasteiger partial charge in [0.15, 0.2) is 0 Å². The van der Waals surface area contributed by atoms with Gasteiger partial charge in [0.1, 0.15) is 21.5 Å². The molecule has 0 radical (unpaired) electrons. The van der Waals surface area contributed by atoms with Crippen LogP contribution in [0.2, 0.25) is 0 Å². The summed E-state index contributed by atoms with van der Waals surface area (Å²) < 4.78 is 25.8. The van der Waals surface area contributed by atoms with Crippen molar-refractivity contribution in [3.8, 4) is 10.6 Å². The summed E-state index contributed by atoms with van der Waals surface area (Å²) in [5.74, 6) is -2.55. The van der Waals surface area contributed by atoms with Gasteiger partial charge in [-0.3, -0.25) is 0 Å². The van der Waals surface area contributed by atoms with Gasteiger partial charge in [-0.15, -0.1) is 11.3 Å². The lowest BCUT2D eigenvalue weighted by atomic mass is 10.2. The Hall–Kier alpha value is -1.82. The summed E-state index contributed by atoms with van der Waals surface area (Å²) in [6.07, 6.45) is 1.16. The molecule has 0 saturated heterocycles. The number of carboxylic acids is 1. The fraction of sp³-hybridized carbons (Fsp3) is 0. The number of rotatable bonds is 2. The summed E-state index contributed by atoms with van der Waals surface area (Å²) in [6, 6.07) is 2.95. The highest BCUT2D eigenvalue weighted by Crippen LogP contribution is 2.26. The van der Waals surface area contributed by atoms with E-state index in [1.165, 1.54) is 0 Å². The fourth-order valence-corrected chi connectivity index (χ4v) is 1.93. The zero-order chi connectivity index (χ0) is 11.7. The average Bonchev–Trinajstić information content (AvgIpc) is 2.64. The van der Waals surface area contributed by atoms with Gasteiger partial charge in [-0.2, -0.15) is 0 Å². The van der Waals surface area contributed by atoms with Crippen LogP contribution in [0, 0.1) is 11.6 Å². The third kappa shape index (κ3) is 2.06. The van der Waals surface area contributed by atoms with E-state index in [-0.39, 0.29) is 15.4 Å². The highest BCUT2D eigenvalue weighted by atomic mass is 32.1. The number of benzene rings is 1. The molecule has 3 nitrogen and oxygen atoms in total. The van der Waals surface area contributed by atoms with E-state index >= 15 is 0 Å². The number of carboxylic acid groups (broad SMARTS) is 1. The topological polar surface area (TPSA) is 50.2 Å². The van der Waals surface area contributed by atoms with Gasteiger partial charge in [0.05, 0.1) is 6.20 Å². The Kier molecular flexibility index (Phi) is 2.66. The van der Waals surface area contributed by atoms with Crippen LogP contribution in [0.4, 0.5) is 8.78 Å². The smallest absolute Gasteiger partial charge is 0.347 e. The second-order valence-electron chi connectivity index (χ2n) is 2.99. The van der Waals surface area contributed by atoms with Gasteiger partial charge >= 0.3 is 5.97 Å². The van der Waals surface area contributed by atoms with Crippen molar-refractivity contribution in [1.29, 1.82) is 0 Å². The van der Waals surface area contributed by atoms with E-state index < -0.39 is 17.6 Å². The maximum absolute atomic E-state index is 12.9. The SMILES string of the molecule is O=C(O)c1cnc(-c2cc(F)cc(F)c2)s1. The number of hydrogen-bond acceptors (Lipinski definition) is 3. The van der Waals surface area contributed by atoms with Gasteiger partial charge in [-0.25, -0.2) is 18.6 Å². The van der Waals surface area contributed by atoms with Crippen molar-refractivity contribution in [3.63, 3.8) is 0 Å². The second kappa shape index (κ2) is 3.97. The second-order valence-corrected chi connectivity index (χ2v) is 4.02. The number of aromatic carboxylic acids is 1. The number of halogens is 2. The molecule has 1 heterocycles. The van der Waals surface area contributed by atoms with Crippen molar-refractivity contribution in [2.45, 2.75) is 0 Å². The van der Waals surface area contributed by atoms with Gasteiger partial charge in [-0.05, 0) is 12.1 Å². The van der Waals surface area contributed by atoms with Crippen LogP contribution < -0.4 is 0 Å². The average molecular weight is 241 g/mol.